The summed E-state index contributed by atoms with van der Waals surface area (Å²) in [7, 11) is 1.99. The molecule has 7 heteroatoms. The van der Waals surface area contributed by atoms with Crippen LogP contribution in [-0.2, 0) is 19.1 Å². The lowest BCUT2D eigenvalue weighted by atomic mass is 10.5. The highest BCUT2D eigenvalue weighted by molar-refractivity contribution is 5.73. The maximum Gasteiger partial charge on any atom is 0.216 e. The molecule has 0 rings (SSSR count). The minimum atomic E-state index is -0.0397. The number of nitrogens with zero attached hydrogens (tertiary/aromatic N) is 1. The lowest BCUT2D eigenvalue weighted by Gasteiger charge is -2.16. The Balaban J connectivity index is 3.22. The molecule has 7 nitrogen and oxygen atoms in total. The number of hydrogen-bond donors (Lipinski definition) is 2. The van der Waals surface area contributed by atoms with Gasteiger partial charge in [0.15, 0.2) is 0 Å². The summed E-state index contributed by atoms with van der Waals surface area (Å²) in [4.78, 5) is 23.3. The van der Waals surface area contributed by atoms with Gasteiger partial charge in [0.1, 0.15) is 0 Å². The molecule has 0 aromatic rings. The van der Waals surface area contributed by atoms with Gasteiger partial charge in [-0.2, -0.15) is 0 Å². The standard InChI is InChI=1S/C13H27N3O4/c1-12(17)14-4-8-19-10-6-16(3)7-11-20-9-5-15-13(2)18/h4-11H2,1-3H3,(H,14,17)(H,15,18). The minimum Gasteiger partial charge on any atom is -0.378 e. The molecule has 0 aromatic heterocycles. The molecule has 0 aromatic carbocycles. The van der Waals surface area contributed by atoms with Gasteiger partial charge in [-0.25, -0.2) is 0 Å². The number of nitrogens with one attached hydrogen (secondary N) is 2. The maximum absolute atomic E-state index is 10.6. The Kier molecular flexibility index (Phi) is 12.1. The average molecular weight is 289 g/mol. The van der Waals surface area contributed by atoms with E-state index in [0.29, 0.717) is 39.5 Å². The second-order valence-corrected chi connectivity index (χ2v) is 4.49. The monoisotopic (exact) mass is 289 g/mol. The summed E-state index contributed by atoms with van der Waals surface area (Å²) in [5, 5.41) is 5.34. The van der Waals surface area contributed by atoms with E-state index in [2.05, 4.69) is 15.5 Å². The molecule has 0 spiro atoms. The summed E-state index contributed by atoms with van der Waals surface area (Å²) < 4.78 is 10.8. The molecule has 0 unspecified atom stereocenters. The molecule has 0 aliphatic heterocycles. The Hall–Kier alpha value is -1.18. The number of carbonyl (C=O) groups excluding carboxylic acids is 2. The molecule has 0 radical (unpaired) electrons. The van der Waals surface area contributed by atoms with Crippen LogP contribution < -0.4 is 10.6 Å². The Labute approximate surface area is 121 Å². The lowest BCUT2D eigenvalue weighted by molar-refractivity contribution is -0.120. The smallest absolute Gasteiger partial charge is 0.216 e. The lowest BCUT2D eigenvalue weighted by Crippen LogP contribution is -2.30. The second-order valence-electron chi connectivity index (χ2n) is 4.49. The molecule has 0 atom stereocenters. The third kappa shape index (κ3) is 14.9. The van der Waals surface area contributed by atoms with E-state index in [1.807, 2.05) is 7.05 Å². The van der Waals surface area contributed by atoms with Crippen LogP contribution in [0.15, 0.2) is 0 Å². The highest BCUT2D eigenvalue weighted by atomic mass is 16.5. The van der Waals surface area contributed by atoms with E-state index in [9.17, 15) is 9.59 Å². The quantitative estimate of drug-likeness (QED) is 0.461. The fraction of sp³-hybridized carbons (Fsp3) is 0.846. The molecular formula is C13H27N3O4. The normalized spacial score (nSPS) is 10.6. The summed E-state index contributed by atoms with van der Waals surface area (Å²) in [5.41, 5.74) is 0. The number of rotatable bonds is 12. The summed E-state index contributed by atoms with van der Waals surface area (Å²) in [6.07, 6.45) is 0. The number of hydrogen-bond acceptors (Lipinski definition) is 5. The fourth-order valence-electron chi connectivity index (χ4n) is 1.36. The molecule has 0 saturated carbocycles. The van der Waals surface area contributed by atoms with E-state index in [4.69, 9.17) is 9.47 Å². The Morgan fingerprint density at radius 1 is 0.850 bits per heavy atom. The average Bonchev–Trinajstić information content (AvgIpc) is 2.37. The van der Waals surface area contributed by atoms with Gasteiger partial charge < -0.3 is 25.0 Å². The van der Waals surface area contributed by atoms with Crippen LogP contribution in [0.4, 0.5) is 0 Å². The predicted molar refractivity (Wildman–Crippen MR) is 76.5 cm³/mol. The first kappa shape index (κ1) is 18.8. The van der Waals surface area contributed by atoms with E-state index < -0.39 is 0 Å². The van der Waals surface area contributed by atoms with Crippen molar-refractivity contribution in [1.82, 2.24) is 15.5 Å². The fourth-order valence-corrected chi connectivity index (χ4v) is 1.36. The third-order valence-electron chi connectivity index (χ3n) is 2.48. The van der Waals surface area contributed by atoms with Crippen molar-refractivity contribution in [1.29, 1.82) is 0 Å². The van der Waals surface area contributed by atoms with Crippen LogP contribution in [-0.4, -0.2) is 76.4 Å². The van der Waals surface area contributed by atoms with Crippen LogP contribution in [0, 0.1) is 0 Å². The summed E-state index contributed by atoms with van der Waals surface area (Å²) >= 11 is 0. The zero-order valence-electron chi connectivity index (χ0n) is 12.7. The predicted octanol–water partition coefficient (Wildman–Crippen LogP) is -0.776. The van der Waals surface area contributed by atoms with Crippen molar-refractivity contribution in [3.63, 3.8) is 0 Å². The van der Waals surface area contributed by atoms with Crippen molar-refractivity contribution < 1.29 is 19.1 Å². The van der Waals surface area contributed by atoms with Crippen LogP contribution in [0.3, 0.4) is 0 Å². The molecular weight excluding hydrogens is 262 g/mol. The molecule has 20 heavy (non-hydrogen) atoms. The first-order valence-electron chi connectivity index (χ1n) is 6.85. The molecule has 118 valence electrons. The highest BCUT2D eigenvalue weighted by Crippen LogP contribution is 1.85. The van der Waals surface area contributed by atoms with Crippen molar-refractivity contribution in [2.45, 2.75) is 13.8 Å². The van der Waals surface area contributed by atoms with Crippen molar-refractivity contribution in [3.8, 4) is 0 Å². The summed E-state index contributed by atoms with van der Waals surface area (Å²) in [5.74, 6) is -0.0794. The zero-order valence-corrected chi connectivity index (χ0v) is 12.7. The van der Waals surface area contributed by atoms with Gasteiger partial charge >= 0.3 is 0 Å². The maximum atomic E-state index is 10.6. The summed E-state index contributed by atoms with van der Waals surface area (Å²) in [6.45, 7) is 8.01. The molecule has 2 N–H and O–H groups in total. The first-order valence-corrected chi connectivity index (χ1v) is 6.85. The van der Waals surface area contributed by atoms with E-state index in [-0.39, 0.29) is 11.8 Å². The molecule has 0 heterocycles. The Morgan fingerprint density at radius 2 is 1.25 bits per heavy atom. The van der Waals surface area contributed by atoms with Gasteiger partial charge in [0, 0.05) is 40.0 Å². The van der Waals surface area contributed by atoms with Crippen molar-refractivity contribution in [2.75, 3.05) is 59.7 Å². The SMILES string of the molecule is CC(=O)NCCOCCN(C)CCOCCNC(C)=O. The minimum absolute atomic E-state index is 0.0397. The van der Waals surface area contributed by atoms with Crippen LogP contribution in [0.25, 0.3) is 0 Å². The number of amides is 2. The third-order valence-corrected chi connectivity index (χ3v) is 2.48. The van der Waals surface area contributed by atoms with Gasteiger partial charge in [-0.15, -0.1) is 0 Å². The topological polar surface area (TPSA) is 79.9 Å². The Bertz CT molecular complexity index is 248. The largest absolute Gasteiger partial charge is 0.378 e. The van der Waals surface area contributed by atoms with Crippen LogP contribution in [0.2, 0.25) is 0 Å². The molecule has 0 bridgehead atoms. The zero-order chi connectivity index (χ0) is 15.2. The second kappa shape index (κ2) is 12.8. The molecule has 0 saturated heterocycles. The molecule has 0 aliphatic rings. The summed E-state index contributed by atoms with van der Waals surface area (Å²) in [6, 6.07) is 0. The van der Waals surface area contributed by atoms with Gasteiger partial charge in [-0.05, 0) is 7.05 Å². The van der Waals surface area contributed by atoms with Crippen molar-refractivity contribution in [2.24, 2.45) is 0 Å². The molecule has 0 fully saturated rings. The first-order chi connectivity index (χ1) is 9.52. The van der Waals surface area contributed by atoms with Crippen molar-refractivity contribution in [3.05, 3.63) is 0 Å². The number of ether oxygens (including phenoxy) is 2. The van der Waals surface area contributed by atoms with Crippen molar-refractivity contribution >= 4 is 11.8 Å². The van der Waals surface area contributed by atoms with Gasteiger partial charge in [0.2, 0.25) is 11.8 Å². The number of likely N-dealkylation sites (N-methyl/N-ethyl adjacent to an activating group) is 1. The molecule has 2 amide bonds. The van der Waals surface area contributed by atoms with Crippen LogP contribution >= 0.6 is 0 Å². The van der Waals surface area contributed by atoms with Crippen LogP contribution in [0.1, 0.15) is 13.8 Å². The van der Waals surface area contributed by atoms with Gasteiger partial charge in [-0.1, -0.05) is 0 Å². The van der Waals surface area contributed by atoms with Crippen LogP contribution in [0.5, 0.6) is 0 Å². The van der Waals surface area contributed by atoms with E-state index in [1.54, 1.807) is 0 Å². The van der Waals surface area contributed by atoms with E-state index in [1.165, 1.54) is 13.8 Å². The Morgan fingerprint density at radius 3 is 1.60 bits per heavy atom. The van der Waals surface area contributed by atoms with E-state index >= 15 is 0 Å². The number of carbonyl (C=O) groups is 2. The van der Waals surface area contributed by atoms with Gasteiger partial charge in [0.25, 0.3) is 0 Å². The van der Waals surface area contributed by atoms with E-state index in [0.717, 1.165) is 13.1 Å². The van der Waals surface area contributed by atoms with Gasteiger partial charge in [-0.3, -0.25) is 9.59 Å². The van der Waals surface area contributed by atoms with Gasteiger partial charge in [0.05, 0.1) is 26.4 Å². The molecule has 0 aliphatic carbocycles. The highest BCUT2D eigenvalue weighted by Gasteiger charge is 1.99.